The molecule has 0 aromatic rings. The van der Waals surface area contributed by atoms with Crippen LogP contribution >= 0.6 is 0 Å². The smallest absolute Gasteiger partial charge is 0.164 e. The maximum atomic E-state index is 11.2. The van der Waals surface area contributed by atoms with Crippen molar-refractivity contribution in [3.63, 3.8) is 0 Å². The first-order chi connectivity index (χ1) is 5.38. The monoisotopic (exact) mass is 170 g/mol. The molecule has 0 fully saturated rings. The van der Waals surface area contributed by atoms with Gasteiger partial charge in [-0.3, -0.25) is 4.79 Å². The molecule has 12 heavy (non-hydrogen) atoms. The zero-order valence-electron chi connectivity index (χ0n) is 8.35. The van der Waals surface area contributed by atoms with Crippen molar-refractivity contribution in [3.05, 3.63) is 11.6 Å². The summed E-state index contributed by atoms with van der Waals surface area (Å²) in [5, 5.41) is 9.30. The van der Waals surface area contributed by atoms with Gasteiger partial charge in [0.2, 0.25) is 0 Å². The van der Waals surface area contributed by atoms with Crippen LogP contribution < -0.4 is 0 Å². The second-order valence-corrected chi connectivity index (χ2v) is 3.62. The topological polar surface area (TPSA) is 37.3 Å². The summed E-state index contributed by atoms with van der Waals surface area (Å²) < 4.78 is 0. The highest BCUT2D eigenvalue weighted by atomic mass is 16.3. The molecule has 0 aliphatic carbocycles. The number of carbonyl (C=O) groups is 1. The van der Waals surface area contributed by atoms with Crippen molar-refractivity contribution in [3.8, 4) is 0 Å². The lowest BCUT2D eigenvalue weighted by molar-refractivity contribution is -0.134. The molecule has 2 nitrogen and oxygen atoms in total. The molecule has 2 heteroatoms. The van der Waals surface area contributed by atoms with Crippen molar-refractivity contribution in [2.75, 3.05) is 0 Å². The minimum atomic E-state index is -1.17. The van der Waals surface area contributed by atoms with Gasteiger partial charge >= 0.3 is 0 Å². The van der Waals surface area contributed by atoms with E-state index < -0.39 is 5.60 Å². The van der Waals surface area contributed by atoms with E-state index in [9.17, 15) is 9.90 Å². The van der Waals surface area contributed by atoms with Crippen LogP contribution in [0.2, 0.25) is 0 Å². The number of ketones is 1. The third kappa shape index (κ3) is 4.29. The summed E-state index contributed by atoms with van der Waals surface area (Å²) in [5.74, 6) is -0.0938. The van der Waals surface area contributed by atoms with E-state index in [0.29, 0.717) is 6.42 Å². The molecule has 0 heterocycles. The maximum Gasteiger partial charge on any atom is 0.164 e. The van der Waals surface area contributed by atoms with Crippen molar-refractivity contribution < 1.29 is 9.90 Å². The standard InChI is InChI=1S/C10H18O2/c1-5-8(2)6-7-9(11)10(3,4)12/h5,12H,6-7H2,1-4H3. The molecular formula is C10H18O2. The fraction of sp³-hybridized carbons (Fsp3) is 0.700. The Morgan fingerprint density at radius 2 is 1.92 bits per heavy atom. The van der Waals surface area contributed by atoms with Crippen molar-refractivity contribution in [2.24, 2.45) is 0 Å². The van der Waals surface area contributed by atoms with E-state index in [-0.39, 0.29) is 5.78 Å². The van der Waals surface area contributed by atoms with Crippen LogP contribution in [0.5, 0.6) is 0 Å². The van der Waals surface area contributed by atoms with Gasteiger partial charge in [-0.2, -0.15) is 0 Å². The van der Waals surface area contributed by atoms with Gasteiger partial charge in [-0.15, -0.1) is 0 Å². The Kier molecular flexibility index (Phi) is 4.18. The molecule has 0 rings (SSSR count). The Morgan fingerprint density at radius 1 is 1.42 bits per heavy atom. The lowest BCUT2D eigenvalue weighted by Crippen LogP contribution is -2.30. The van der Waals surface area contributed by atoms with Gasteiger partial charge in [-0.1, -0.05) is 11.6 Å². The molecule has 0 atom stereocenters. The highest BCUT2D eigenvalue weighted by molar-refractivity contribution is 5.86. The molecule has 0 radical (unpaired) electrons. The first-order valence-electron chi connectivity index (χ1n) is 4.25. The van der Waals surface area contributed by atoms with Crippen LogP contribution in [0.25, 0.3) is 0 Å². The summed E-state index contributed by atoms with van der Waals surface area (Å²) in [7, 11) is 0. The van der Waals surface area contributed by atoms with Gasteiger partial charge in [-0.05, 0) is 34.1 Å². The van der Waals surface area contributed by atoms with Crippen LogP contribution in [-0.2, 0) is 4.79 Å². The zero-order valence-corrected chi connectivity index (χ0v) is 8.35. The van der Waals surface area contributed by atoms with Crippen molar-refractivity contribution in [1.29, 1.82) is 0 Å². The third-order valence-corrected chi connectivity index (χ3v) is 1.92. The molecule has 0 aliphatic heterocycles. The Labute approximate surface area is 74.3 Å². The van der Waals surface area contributed by atoms with E-state index in [1.165, 1.54) is 19.4 Å². The summed E-state index contributed by atoms with van der Waals surface area (Å²) in [5.41, 5.74) is 0.0150. The molecule has 0 unspecified atom stereocenters. The average molecular weight is 170 g/mol. The van der Waals surface area contributed by atoms with E-state index in [1.807, 2.05) is 19.9 Å². The van der Waals surface area contributed by atoms with Crippen molar-refractivity contribution in [1.82, 2.24) is 0 Å². The maximum absolute atomic E-state index is 11.2. The van der Waals surface area contributed by atoms with Crippen LogP contribution in [0.1, 0.15) is 40.5 Å². The van der Waals surface area contributed by atoms with Gasteiger partial charge in [0.1, 0.15) is 5.60 Å². The minimum absolute atomic E-state index is 0.0938. The average Bonchev–Trinajstić information content (AvgIpc) is 1.97. The number of Topliss-reactive ketones (excluding diaryl/α,β-unsaturated/α-hetero) is 1. The second-order valence-electron chi connectivity index (χ2n) is 3.62. The third-order valence-electron chi connectivity index (χ3n) is 1.92. The molecule has 0 bridgehead atoms. The van der Waals surface area contributed by atoms with Gasteiger partial charge < -0.3 is 5.11 Å². The highest BCUT2D eigenvalue weighted by Gasteiger charge is 2.22. The van der Waals surface area contributed by atoms with E-state index in [2.05, 4.69) is 0 Å². The fourth-order valence-corrected chi connectivity index (χ4v) is 0.761. The molecule has 0 saturated carbocycles. The Morgan fingerprint density at radius 3 is 2.25 bits per heavy atom. The molecule has 0 aromatic heterocycles. The predicted octanol–water partition coefficient (Wildman–Crippen LogP) is 2.07. The van der Waals surface area contributed by atoms with Gasteiger partial charge in [-0.25, -0.2) is 0 Å². The first-order valence-corrected chi connectivity index (χ1v) is 4.25. The predicted molar refractivity (Wildman–Crippen MR) is 50.0 cm³/mol. The van der Waals surface area contributed by atoms with Crippen LogP contribution in [0.15, 0.2) is 11.6 Å². The number of hydrogen-bond acceptors (Lipinski definition) is 2. The van der Waals surface area contributed by atoms with Crippen LogP contribution in [-0.4, -0.2) is 16.5 Å². The first kappa shape index (κ1) is 11.4. The Balaban J connectivity index is 3.89. The molecule has 70 valence electrons. The lowest BCUT2D eigenvalue weighted by atomic mass is 9.98. The number of aliphatic hydroxyl groups is 1. The zero-order chi connectivity index (χ0) is 9.78. The lowest BCUT2D eigenvalue weighted by Gasteiger charge is -2.14. The number of rotatable bonds is 4. The molecule has 0 spiro atoms. The number of allylic oxidation sites excluding steroid dienone is 2. The summed E-state index contributed by atoms with van der Waals surface area (Å²) in [4.78, 5) is 11.2. The van der Waals surface area contributed by atoms with Gasteiger partial charge in [0.05, 0.1) is 0 Å². The molecular weight excluding hydrogens is 152 g/mol. The summed E-state index contributed by atoms with van der Waals surface area (Å²) >= 11 is 0. The number of hydrogen-bond donors (Lipinski definition) is 1. The second kappa shape index (κ2) is 4.41. The Hall–Kier alpha value is -0.630. The summed E-state index contributed by atoms with van der Waals surface area (Å²) in [6, 6.07) is 0. The number of carbonyl (C=O) groups excluding carboxylic acids is 1. The van der Waals surface area contributed by atoms with E-state index in [1.54, 1.807) is 0 Å². The fourth-order valence-electron chi connectivity index (χ4n) is 0.761. The molecule has 1 N–H and O–H groups in total. The van der Waals surface area contributed by atoms with E-state index >= 15 is 0 Å². The van der Waals surface area contributed by atoms with E-state index in [4.69, 9.17) is 0 Å². The molecule has 0 aromatic carbocycles. The molecule has 0 aliphatic rings. The Bertz CT molecular complexity index is 185. The van der Waals surface area contributed by atoms with Crippen LogP contribution in [0.3, 0.4) is 0 Å². The molecule has 0 saturated heterocycles. The minimum Gasteiger partial charge on any atom is -0.383 e. The van der Waals surface area contributed by atoms with Gasteiger partial charge in [0.15, 0.2) is 5.78 Å². The SMILES string of the molecule is CC=C(C)CCC(=O)C(C)(C)O. The normalized spacial score (nSPS) is 13.2. The van der Waals surface area contributed by atoms with E-state index in [0.717, 1.165) is 6.42 Å². The van der Waals surface area contributed by atoms with Crippen molar-refractivity contribution >= 4 is 5.78 Å². The van der Waals surface area contributed by atoms with Gasteiger partial charge in [0, 0.05) is 6.42 Å². The quantitative estimate of drug-likeness (QED) is 0.656. The summed E-state index contributed by atoms with van der Waals surface area (Å²) in [6.07, 6.45) is 3.16. The largest absolute Gasteiger partial charge is 0.383 e. The summed E-state index contributed by atoms with van der Waals surface area (Å²) in [6.45, 7) is 6.99. The highest BCUT2D eigenvalue weighted by Crippen LogP contribution is 2.11. The van der Waals surface area contributed by atoms with Crippen LogP contribution in [0, 0.1) is 0 Å². The van der Waals surface area contributed by atoms with Gasteiger partial charge in [0.25, 0.3) is 0 Å². The van der Waals surface area contributed by atoms with Crippen molar-refractivity contribution in [2.45, 2.75) is 46.1 Å². The molecule has 0 amide bonds. The van der Waals surface area contributed by atoms with Crippen LogP contribution in [0.4, 0.5) is 0 Å².